The molecule has 11 nitrogen and oxygen atoms in total. The highest BCUT2D eigenvalue weighted by Crippen LogP contribution is 2.50. The molecule has 1 unspecified atom stereocenters. The maximum Gasteiger partial charge on any atom is 0.216 e. The van der Waals surface area contributed by atoms with Crippen LogP contribution in [0.5, 0.6) is 5.75 Å². The molecule has 2 aromatic carbocycles. The second-order valence-electron chi connectivity index (χ2n) is 17.6. The standard InChI is InChI=1S/C42H59ClN4O7S2/c1-4-54-42(27-45-17-18-46-19-20-55(49,50)25-35(46)24-45)16-5-7-29(2)30(3)56(51,52)44-40(48)32-10-14-39-38(22-32)47(23-33-9-12-37(33)42)26-41(28-53-39)15-6-8-31-21-34(43)11-13-36(31)41/h5,10-11,13-14,16,21-22,29-30,33,35,37,40,44,48H,4,6-9,12,15,17-20,23-28H2,1-3H3/b16-5+/t29-,30+,33-,35-,37+,40?,41-,42-/m0/s1. The number of nitrogens with one attached hydrogen (secondary N) is 1. The Balaban J connectivity index is 1.19. The molecule has 4 heterocycles. The summed E-state index contributed by atoms with van der Waals surface area (Å²) in [6.07, 6.45) is 8.40. The molecule has 2 N–H and O–H groups in total. The number of allylic oxidation sites excluding steroid dienone is 1. The molecule has 0 amide bonds. The number of anilines is 1. The number of hydrogen-bond donors (Lipinski definition) is 2. The van der Waals surface area contributed by atoms with Gasteiger partial charge in [0.1, 0.15) is 17.6 Å². The van der Waals surface area contributed by atoms with Crippen molar-refractivity contribution >= 4 is 37.1 Å². The van der Waals surface area contributed by atoms with Gasteiger partial charge >= 0.3 is 0 Å². The molecule has 6 aliphatic rings. The molecule has 56 heavy (non-hydrogen) atoms. The van der Waals surface area contributed by atoms with E-state index in [2.05, 4.69) is 43.7 Å². The first kappa shape index (κ1) is 40.5. The van der Waals surface area contributed by atoms with Crippen LogP contribution in [-0.4, -0.2) is 119 Å². The van der Waals surface area contributed by atoms with Crippen LogP contribution in [-0.2, 0) is 36.4 Å². The lowest BCUT2D eigenvalue weighted by molar-refractivity contribution is -0.114. The number of nitrogens with zero attached hydrogens (tertiary/aromatic N) is 3. The van der Waals surface area contributed by atoms with Gasteiger partial charge in [-0.15, -0.1) is 0 Å². The summed E-state index contributed by atoms with van der Waals surface area (Å²) >= 11 is 6.52. The Bertz CT molecular complexity index is 2030. The quantitative estimate of drug-likeness (QED) is 0.410. The van der Waals surface area contributed by atoms with Crippen LogP contribution in [0.2, 0.25) is 5.02 Å². The Morgan fingerprint density at radius 2 is 1.89 bits per heavy atom. The molecular weight excluding hydrogens is 772 g/mol. The lowest BCUT2D eigenvalue weighted by atomic mass is 9.63. The van der Waals surface area contributed by atoms with Crippen molar-refractivity contribution in [3.63, 3.8) is 0 Å². The zero-order chi connectivity index (χ0) is 39.5. The minimum Gasteiger partial charge on any atom is -0.490 e. The van der Waals surface area contributed by atoms with Crippen molar-refractivity contribution in [2.24, 2.45) is 17.8 Å². The van der Waals surface area contributed by atoms with Gasteiger partial charge in [0, 0.05) is 68.9 Å². The van der Waals surface area contributed by atoms with Crippen LogP contribution in [0, 0.1) is 17.8 Å². The van der Waals surface area contributed by atoms with Crippen LogP contribution in [0.4, 0.5) is 5.69 Å². The normalized spacial score (nSPS) is 36.6. The third-order valence-corrected chi connectivity index (χ3v) is 18.0. The van der Waals surface area contributed by atoms with E-state index < -0.39 is 36.9 Å². The van der Waals surface area contributed by atoms with Crippen LogP contribution in [0.15, 0.2) is 48.6 Å². The first-order valence-electron chi connectivity index (χ1n) is 20.7. The molecule has 2 saturated heterocycles. The van der Waals surface area contributed by atoms with E-state index >= 15 is 0 Å². The van der Waals surface area contributed by atoms with Gasteiger partial charge in [-0.1, -0.05) is 42.8 Å². The third kappa shape index (κ3) is 7.92. The highest BCUT2D eigenvalue weighted by Gasteiger charge is 2.51. The summed E-state index contributed by atoms with van der Waals surface area (Å²) in [5.74, 6) is 1.35. The zero-order valence-electron chi connectivity index (χ0n) is 33.0. The number of sulfone groups is 1. The fraction of sp³-hybridized carbons (Fsp3) is 0.667. The Labute approximate surface area is 338 Å². The van der Waals surface area contributed by atoms with Crippen molar-refractivity contribution in [2.75, 3.05) is 75.4 Å². The first-order valence-corrected chi connectivity index (χ1v) is 24.4. The van der Waals surface area contributed by atoms with Crippen molar-refractivity contribution in [2.45, 2.75) is 87.8 Å². The van der Waals surface area contributed by atoms with E-state index in [0.29, 0.717) is 51.4 Å². The second-order valence-corrected chi connectivity index (χ2v) is 22.3. The summed E-state index contributed by atoms with van der Waals surface area (Å²) in [7, 11) is -6.99. The molecule has 3 fully saturated rings. The van der Waals surface area contributed by atoms with E-state index in [9.17, 15) is 21.9 Å². The molecule has 1 spiro atoms. The number of halogens is 1. The molecule has 0 radical (unpaired) electrons. The van der Waals surface area contributed by atoms with E-state index in [1.54, 1.807) is 13.0 Å². The third-order valence-electron chi connectivity index (χ3n) is 14.1. The van der Waals surface area contributed by atoms with Crippen LogP contribution in [0.25, 0.3) is 0 Å². The second kappa shape index (κ2) is 15.7. The molecule has 8 rings (SSSR count). The summed E-state index contributed by atoms with van der Waals surface area (Å²) in [5, 5.41) is 11.4. The van der Waals surface area contributed by atoms with Crippen molar-refractivity contribution in [1.29, 1.82) is 0 Å². The zero-order valence-corrected chi connectivity index (χ0v) is 35.4. The number of aliphatic hydroxyl groups is 1. The van der Waals surface area contributed by atoms with Gasteiger partial charge in [-0.25, -0.2) is 16.8 Å². The number of rotatable bonds is 4. The Morgan fingerprint density at radius 3 is 2.68 bits per heavy atom. The Hall–Kier alpha value is -2.23. The van der Waals surface area contributed by atoms with Crippen molar-refractivity contribution in [3.8, 4) is 5.75 Å². The molecular formula is C42H59ClN4O7S2. The number of sulfonamides is 1. The van der Waals surface area contributed by atoms with E-state index in [1.807, 2.05) is 32.0 Å². The van der Waals surface area contributed by atoms with Crippen LogP contribution in [0.3, 0.4) is 0 Å². The maximum absolute atomic E-state index is 13.7. The van der Waals surface area contributed by atoms with Gasteiger partial charge in [-0.3, -0.25) is 9.80 Å². The Kier molecular flexibility index (Phi) is 11.4. The van der Waals surface area contributed by atoms with Gasteiger partial charge in [0.05, 0.1) is 29.0 Å². The SMILES string of the molecule is CCO[C@]1(CN2CCN3CCS(=O)(=O)C[C@@H]3C2)/C=C/C[C@H](C)[C@@H](C)S(=O)(=O)NC(O)c2ccc3c(c2)N(C[C@@H]2CC[C@H]21)C[C@@]1(CCCc2cc(Cl)ccc21)CO3. The molecule has 14 heteroatoms. The van der Waals surface area contributed by atoms with E-state index in [4.69, 9.17) is 21.1 Å². The fourth-order valence-electron chi connectivity index (χ4n) is 10.6. The number of aliphatic hydroxyl groups excluding tert-OH is 1. The van der Waals surface area contributed by atoms with Gasteiger partial charge < -0.3 is 19.5 Å². The summed E-state index contributed by atoms with van der Waals surface area (Å²) in [6.45, 7) is 11.7. The highest BCUT2D eigenvalue weighted by atomic mass is 35.5. The monoisotopic (exact) mass is 830 g/mol. The largest absolute Gasteiger partial charge is 0.490 e. The molecule has 2 aliphatic carbocycles. The van der Waals surface area contributed by atoms with Crippen LogP contribution in [0.1, 0.15) is 75.8 Å². The maximum atomic E-state index is 13.7. The summed E-state index contributed by atoms with van der Waals surface area (Å²) in [5.41, 5.74) is 2.90. The number of hydrogen-bond acceptors (Lipinski definition) is 10. The molecule has 2 bridgehead atoms. The number of fused-ring (bicyclic) bond motifs is 5. The average molecular weight is 832 g/mol. The molecule has 1 saturated carbocycles. The highest BCUT2D eigenvalue weighted by molar-refractivity contribution is 7.91. The van der Waals surface area contributed by atoms with Gasteiger partial charge in [-0.2, -0.15) is 4.72 Å². The topological polar surface area (TPSA) is 129 Å². The summed E-state index contributed by atoms with van der Waals surface area (Å²) < 4.78 is 69.2. The number of ether oxygens (including phenoxy) is 2. The number of piperazine rings is 1. The van der Waals surface area contributed by atoms with Crippen LogP contribution < -0.4 is 14.4 Å². The molecule has 8 atom stereocenters. The van der Waals surface area contributed by atoms with Gasteiger partial charge in [0.2, 0.25) is 10.0 Å². The molecule has 0 aromatic heterocycles. The number of benzene rings is 2. The summed E-state index contributed by atoms with van der Waals surface area (Å²) in [4.78, 5) is 7.19. The van der Waals surface area contributed by atoms with Crippen molar-refractivity contribution in [1.82, 2.24) is 14.5 Å². The van der Waals surface area contributed by atoms with Crippen LogP contribution >= 0.6 is 11.6 Å². The van der Waals surface area contributed by atoms with Gasteiger partial charge in [0.15, 0.2) is 9.84 Å². The Morgan fingerprint density at radius 1 is 1.05 bits per heavy atom. The van der Waals surface area contributed by atoms with Gasteiger partial charge in [0.25, 0.3) is 0 Å². The van der Waals surface area contributed by atoms with E-state index in [1.165, 1.54) is 11.1 Å². The predicted octanol–water partition coefficient (Wildman–Crippen LogP) is 4.92. The first-order chi connectivity index (χ1) is 26.7. The fourth-order valence-corrected chi connectivity index (χ4v) is 13.8. The smallest absolute Gasteiger partial charge is 0.216 e. The minimum atomic E-state index is -3.91. The lowest BCUT2D eigenvalue weighted by Crippen LogP contribution is -2.63. The van der Waals surface area contributed by atoms with E-state index in [0.717, 1.165) is 68.2 Å². The number of aryl methyl sites for hydroxylation is 1. The summed E-state index contributed by atoms with van der Waals surface area (Å²) in [6, 6.07) is 11.8. The van der Waals surface area contributed by atoms with Crippen molar-refractivity contribution < 1.29 is 31.4 Å². The molecule has 4 aliphatic heterocycles. The van der Waals surface area contributed by atoms with Gasteiger partial charge in [-0.05, 0) is 111 Å². The minimum absolute atomic E-state index is 0.0327. The molecule has 2 aromatic rings. The van der Waals surface area contributed by atoms with Crippen molar-refractivity contribution in [3.05, 3.63) is 70.3 Å². The lowest BCUT2D eigenvalue weighted by Gasteiger charge is -2.53. The molecule has 308 valence electrons. The average Bonchev–Trinajstić information content (AvgIpc) is 3.28. The predicted molar refractivity (Wildman–Crippen MR) is 221 cm³/mol. The van der Waals surface area contributed by atoms with E-state index in [-0.39, 0.29) is 40.7 Å².